The van der Waals surface area contributed by atoms with Crippen molar-refractivity contribution in [1.29, 1.82) is 0 Å². The summed E-state index contributed by atoms with van der Waals surface area (Å²) in [7, 11) is 0. The van der Waals surface area contributed by atoms with Crippen molar-refractivity contribution in [3.63, 3.8) is 0 Å². The number of rotatable bonds is 3. The van der Waals surface area contributed by atoms with E-state index in [9.17, 15) is 0 Å². The third-order valence-corrected chi connectivity index (χ3v) is 5.71. The maximum Gasteiger partial charge on any atom is 0.0716 e. The number of halogens is 1. The second kappa shape index (κ2) is 7.00. The molecule has 4 rings (SSSR count). The van der Waals surface area contributed by atoms with Gasteiger partial charge in [-0.1, -0.05) is 53.7 Å². The second-order valence-corrected chi connectivity index (χ2v) is 7.61. The number of pyridine rings is 1. The highest BCUT2D eigenvalue weighted by Gasteiger charge is 2.17. The Morgan fingerprint density at radius 3 is 2.42 bits per heavy atom. The zero-order valence-electron chi connectivity index (χ0n) is 13.3. The number of nitrogens with zero attached hydrogens (tertiary/aromatic N) is 1. The number of hydrogen-bond donors (Lipinski definition) is 0. The van der Waals surface area contributed by atoms with Crippen molar-refractivity contribution in [3.8, 4) is 11.3 Å². The summed E-state index contributed by atoms with van der Waals surface area (Å²) in [6.45, 7) is 0. The van der Waals surface area contributed by atoms with Crippen molar-refractivity contribution >= 4 is 23.4 Å². The Kier molecular flexibility index (Phi) is 4.59. The molecule has 0 bridgehead atoms. The van der Waals surface area contributed by atoms with E-state index in [1.807, 2.05) is 30.0 Å². The minimum atomic E-state index is 0.779. The molecule has 3 aromatic rings. The first-order valence-electron chi connectivity index (χ1n) is 8.31. The van der Waals surface area contributed by atoms with E-state index < -0.39 is 0 Å². The zero-order chi connectivity index (χ0) is 16.4. The average molecular weight is 352 g/mol. The number of hydrogen-bond acceptors (Lipinski definition) is 2. The predicted octanol–water partition coefficient (Wildman–Crippen LogP) is 6.43. The monoisotopic (exact) mass is 351 g/mol. The van der Waals surface area contributed by atoms with Crippen LogP contribution in [-0.4, -0.2) is 4.98 Å². The van der Waals surface area contributed by atoms with Gasteiger partial charge in [0.25, 0.3) is 0 Å². The molecular weight excluding hydrogens is 334 g/mol. The Morgan fingerprint density at radius 2 is 1.62 bits per heavy atom. The Bertz CT molecular complexity index is 844. The Labute approximate surface area is 152 Å². The first-order chi connectivity index (χ1) is 11.8. The molecule has 0 radical (unpaired) electrons. The molecule has 0 N–H and O–H groups in total. The molecule has 1 nitrogen and oxygen atoms in total. The lowest BCUT2D eigenvalue weighted by Gasteiger charge is -2.20. The second-order valence-electron chi connectivity index (χ2n) is 6.06. The highest BCUT2D eigenvalue weighted by molar-refractivity contribution is 7.99. The standard InChI is InChI=1S/C21H18ClNS/c22-16-10-12-17(13-11-16)24-21-14-20(15-6-2-1-3-7-15)23-19-9-5-4-8-18(19)21/h1-3,6-7,10-14H,4-5,8-9H2. The summed E-state index contributed by atoms with van der Waals surface area (Å²) in [4.78, 5) is 7.52. The van der Waals surface area contributed by atoms with Crippen molar-refractivity contribution in [2.75, 3.05) is 0 Å². The van der Waals surface area contributed by atoms with Crippen LogP contribution in [0.3, 0.4) is 0 Å². The number of aryl methyl sites for hydroxylation is 1. The first kappa shape index (κ1) is 15.7. The molecule has 2 aromatic carbocycles. The number of benzene rings is 2. The quantitative estimate of drug-likeness (QED) is 0.539. The van der Waals surface area contributed by atoms with E-state index in [1.54, 1.807) is 0 Å². The topological polar surface area (TPSA) is 12.9 Å². The summed E-state index contributed by atoms with van der Waals surface area (Å²) >= 11 is 7.84. The van der Waals surface area contributed by atoms with Crippen molar-refractivity contribution in [2.24, 2.45) is 0 Å². The lowest BCUT2D eigenvalue weighted by atomic mass is 9.95. The van der Waals surface area contributed by atoms with E-state index in [0.29, 0.717) is 0 Å². The summed E-state index contributed by atoms with van der Waals surface area (Å²) in [6.07, 6.45) is 4.72. The average Bonchev–Trinajstić information content (AvgIpc) is 2.64. The van der Waals surface area contributed by atoms with Crippen LogP contribution in [0.25, 0.3) is 11.3 Å². The van der Waals surface area contributed by atoms with Gasteiger partial charge in [-0.3, -0.25) is 4.98 Å². The molecule has 1 aromatic heterocycles. The van der Waals surface area contributed by atoms with Gasteiger partial charge in [0, 0.05) is 26.1 Å². The predicted molar refractivity (Wildman–Crippen MR) is 102 cm³/mol. The highest BCUT2D eigenvalue weighted by Crippen LogP contribution is 2.37. The smallest absolute Gasteiger partial charge is 0.0716 e. The Morgan fingerprint density at radius 1 is 0.875 bits per heavy atom. The largest absolute Gasteiger partial charge is 0.252 e. The molecule has 1 aliphatic carbocycles. The molecule has 0 spiro atoms. The molecule has 0 atom stereocenters. The minimum Gasteiger partial charge on any atom is -0.252 e. The van der Waals surface area contributed by atoms with Gasteiger partial charge in [-0.25, -0.2) is 0 Å². The fourth-order valence-electron chi connectivity index (χ4n) is 3.14. The van der Waals surface area contributed by atoms with Gasteiger partial charge in [-0.2, -0.15) is 0 Å². The molecule has 1 aliphatic rings. The van der Waals surface area contributed by atoms with Gasteiger partial charge in [0.1, 0.15) is 0 Å². The van der Waals surface area contributed by atoms with Crippen LogP contribution < -0.4 is 0 Å². The zero-order valence-corrected chi connectivity index (χ0v) is 14.9. The van der Waals surface area contributed by atoms with Crippen LogP contribution in [0.5, 0.6) is 0 Å². The molecule has 3 heteroatoms. The van der Waals surface area contributed by atoms with Gasteiger partial charge in [0.15, 0.2) is 0 Å². The van der Waals surface area contributed by atoms with Gasteiger partial charge >= 0.3 is 0 Å². The van der Waals surface area contributed by atoms with Gasteiger partial charge in [-0.15, -0.1) is 0 Å². The third-order valence-electron chi connectivity index (χ3n) is 4.37. The van der Waals surface area contributed by atoms with E-state index in [0.717, 1.165) is 23.6 Å². The van der Waals surface area contributed by atoms with Gasteiger partial charge in [0.05, 0.1) is 5.69 Å². The molecule has 0 saturated carbocycles. The molecule has 24 heavy (non-hydrogen) atoms. The van der Waals surface area contributed by atoms with Crippen molar-refractivity contribution in [1.82, 2.24) is 4.98 Å². The number of fused-ring (bicyclic) bond motifs is 1. The molecule has 0 fully saturated rings. The van der Waals surface area contributed by atoms with Crippen LogP contribution in [0.15, 0.2) is 70.5 Å². The highest BCUT2D eigenvalue weighted by atomic mass is 35.5. The minimum absolute atomic E-state index is 0.779. The van der Waals surface area contributed by atoms with E-state index >= 15 is 0 Å². The summed E-state index contributed by atoms with van der Waals surface area (Å²) in [5, 5.41) is 0.779. The van der Waals surface area contributed by atoms with Gasteiger partial charge in [0.2, 0.25) is 0 Å². The Balaban J connectivity index is 1.77. The van der Waals surface area contributed by atoms with E-state index in [-0.39, 0.29) is 0 Å². The lowest BCUT2D eigenvalue weighted by molar-refractivity contribution is 0.658. The van der Waals surface area contributed by atoms with Crippen LogP contribution in [0.1, 0.15) is 24.1 Å². The van der Waals surface area contributed by atoms with Crippen LogP contribution in [0.2, 0.25) is 5.02 Å². The van der Waals surface area contributed by atoms with Crippen molar-refractivity contribution < 1.29 is 0 Å². The molecule has 0 saturated heterocycles. The fraction of sp³-hybridized carbons (Fsp3) is 0.190. The molecule has 1 heterocycles. The van der Waals surface area contributed by atoms with Crippen molar-refractivity contribution in [2.45, 2.75) is 35.5 Å². The number of aromatic nitrogens is 1. The molecule has 0 amide bonds. The van der Waals surface area contributed by atoms with Crippen LogP contribution in [0, 0.1) is 0 Å². The Hall–Kier alpha value is -1.77. The molecule has 0 unspecified atom stereocenters. The maximum absolute atomic E-state index is 6.02. The molecule has 0 aliphatic heterocycles. The summed E-state index contributed by atoms with van der Waals surface area (Å²) < 4.78 is 0. The molecule has 120 valence electrons. The van der Waals surface area contributed by atoms with E-state index in [4.69, 9.17) is 16.6 Å². The van der Waals surface area contributed by atoms with Crippen LogP contribution in [0.4, 0.5) is 0 Å². The SMILES string of the molecule is Clc1ccc(Sc2cc(-c3ccccc3)nc3c2CCCC3)cc1. The van der Waals surface area contributed by atoms with Crippen LogP contribution >= 0.6 is 23.4 Å². The summed E-state index contributed by atoms with van der Waals surface area (Å²) in [5.74, 6) is 0. The summed E-state index contributed by atoms with van der Waals surface area (Å²) in [5.41, 5.74) is 4.97. The molecular formula is C21H18ClNS. The van der Waals surface area contributed by atoms with Gasteiger partial charge in [-0.05, 0) is 61.6 Å². The van der Waals surface area contributed by atoms with E-state index in [2.05, 4.69) is 42.5 Å². The normalized spacial score (nSPS) is 13.5. The van der Waals surface area contributed by atoms with Gasteiger partial charge < -0.3 is 0 Å². The van der Waals surface area contributed by atoms with E-state index in [1.165, 1.54) is 39.5 Å². The van der Waals surface area contributed by atoms with Crippen LogP contribution in [-0.2, 0) is 12.8 Å². The third kappa shape index (κ3) is 3.35. The summed E-state index contributed by atoms with van der Waals surface area (Å²) in [6, 6.07) is 20.8. The lowest BCUT2D eigenvalue weighted by Crippen LogP contribution is -2.07. The first-order valence-corrected chi connectivity index (χ1v) is 9.51. The fourth-order valence-corrected chi connectivity index (χ4v) is 4.31. The maximum atomic E-state index is 6.02. The van der Waals surface area contributed by atoms with Crippen molar-refractivity contribution in [3.05, 3.63) is 76.9 Å².